The summed E-state index contributed by atoms with van der Waals surface area (Å²) in [5.74, 6) is 1.77. The van der Waals surface area contributed by atoms with Crippen molar-refractivity contribution in [1.29, 1.82) is 0 Å². The summed E-state index contributed by atoms with van der Waals surface area (Å²) < 4.78 is 15.0. The average Bonchev–Trinajstić information content (AvgIpc) is 4.09. The molecule has 59 heavy (non-hydrogen) atoms. The molecule has 0 saturated heterocycles. The molecular formula is C55H34N2O2. The van der Waals surface area contributed by atoms with Crippen molar-refractivity contribution in [2.75, 3.05) is 4.90 Å². The highest BCUT2D eigenvalue weighted by Crippen LogP contribution is 2.65. The van der Waals surface area contributed by atoms with Crippen LogP contribution < -0.4 is 4.90 Å². The minimum Gasteiger partial charge on any atom is -0.461 e. The maximum atomic E-state index is 6.31. The summed E-state index contributed by atoms with van der Waals surface area (Å²) >= 11 is 0. The van der Waals surface area contributed by atoms with Gasteiger partial charge in [-0.3, -0.25) is 0 Å². The monoisotopic (exact) mass is 754 g/mol. The van der Waals surface area contributed by atoms with Crippen molar-refractivity contribution in [3.8, 4) is 17.2 Å². The number of rotatable bonds is 3. The molecule has 0 radical (unpaired) electrons. The Kier molecular flexibility index (Phi) is 6.04. The Labute approximate surface area is 340 Å². The second-order valence-electron chi connectivity index (χ2n) is 16.3. The fourth-order valence-electron chi connectivity index (χ4n) is 11.4. The van der Waals surface area contributed by atoms with E-state index < -0.39 is 5.41 Å². The molecule has 4 nitrogen and oxygen atoms in total. The minimum atomic E-state index is -0.664. The second kappa shape index (κ2) is 11.3. The van der Waals surface area contributed by atoms with Crippen LogP contribution in [-0.2, 0) is 11.8 Å². The SMILES string of the molecule is C1=Cc2c(N3c4ccccc4C4(c5cc6c7ccccc7n(-c7ccccc7)c6cc53)c3ccoc3-c3occc34)ccc3c2C2C1=CC=C(c1ccccc1)C2=CC3. The molecule has 0 bridgehead atoms. The molecule has 3 aromatic heterocycles. The van der Waals surface area contributed by atoms with Crippen LogP contribution in [0.15, 0.2) is 202 Å². The third-order valence-electron chi connectivity index (χ3n) is 13.7. The molecule has 0 saturated carbocycles. The highest BCUT2D eigenvalue weighted by atomic mass is 16.4. The molecule has 1 unspecified atom stereocenters. The topological polar surface area (TPSA) is 34.5 Å². The van der Waals surface area contributed by atoms with Gasteiger partial charge in [0.1, 0.15) is 0 Å². The third-order valence-corrected chi connectivity index (χ3v) is 13.7. The Morgan fingerprint density at radius 1 is 0.559 bits per heavy atom. The van der Waals surface area contributed by atoms with Crippen LogP contribution in [0.5, 0.6) is 0 Å². The van der Waals surface area contributed by atoms with Crippen LogP contribution in [-0.4, -0.2) is 4.57 Å². The first-order chi connectivity index (χ1) is 29.3. The van der Waals surface area contributed by atoms with Crippen molar-refractivity contribution < 1.29 is 8.83 Å². The Bertz CT molecular complexity index is 3380. The number of furan rings is 2. The summed E-state index contributed by atoms with van der Waals surface area (Å²) in [5, 5.41) is 2.43. The van der Waals surface area contributed by atoms with E-state index in [1.165, 1.54) is 72.1 Å². The van der Waals surface area contributed by atoms with E-state index in [4.69, 9.17) is 8.83 Å². The van der Waals surface area contributed by atoms with Gasteiger partial charge in [-0.2, -0.15) is 0 Å². The zero-order valence-electron chi connectivity index (χ0n) is 31.9. The number of fused-ring (bicyclic) bond motifs is 12. The van der Waals surface area contributed by atoms with Gasteiger partial charge in [-0.05, 0) is 106 Å². The maximum Gasteiger partial charge on any atom is 0.174 e. The molecule has 9 aromatic rings. The van der Waals surface area contributed by atoms with Gasteiger partial charge in [0, 0.05) is 39.1 Å². The molecular weight excluding hydrogens is 721 g/mol. The fourth-order valence-corrected chi connectivity index (χ4v) is 11.4. The molecule has 4 heteroatoms. The first-order valence-electron chi connectivity index (χ1n) is 20.5. The van der Waals surface area contributed by atoms with Gasteiger partial charge in [0.05, 0.1) is 46.0 Å². The molecule has 0 N–H and O–H groups in total. The standard InChI is InChI=1S/C55H34N2O2/c1-3-11-33(12-4-1)37-23-19-34-21-25-40-47(26-22-35-20-24-39(37)51(34)52(35)40)57-48-18-10-8-16-42(48)55(43-27-29-58-53(43)54-44(55)28-30-59-54)45-31-41-38-15-7-9-17-46(38)56(49(41)32-50(45)57)36-13-5-2-6-14-36/h1-19,21-32,51H,20H2. The molecule has 1 spiro atoms. The van der Waals surface area contributed by atoms with Gasteiger partial charge in [-0.25, -0.2) is 0 Å². The number of hydrogen-bond acceptors (Lipinski definition) is 3. The van der Waals surface area contributed by atoms with Gasteiger partial charge in [0.15, 0.2) is 11.5 Å². The molecule has 0 fully saturated rings. The van der Waals surface area contributed by atoms with Crippen LogP contribution in [0.4, 0.5) is 17.1 Å². The molecule has 1 atom stereocenters. The normalized spacial score (nSPS) is 17.3. The predicted molar refractivity (Wildman–Crippen MR) is 237 cm³/mol. The Morgan fingerprint density at radius 2 is 1.31 bits per heavy atom. The van der Waals surface area contributed by atoms with Gasteiger partial charge in [-0.15, -0.1) is 0 Å². The summed E-state index contributed by atoms with van der Waals surface area (Å²) in [6, 6.07) is 53.5. The van der Waals surface area contributed by atoms with E-state index in [0.717, 1.165) is 51.6 Å². The number of benzene rings is 6. The summed E-state index contributed by atoms with van der Waals surface area (Å²) in [5.41, 5.74) is 20.4. The molecule has 14 rings (SSSR count). The lowest BCUT2D eigenvalue weighted by molar-refractivity contribution is 0.525. The quantitative estimate of drug-likeness (QED) is 0.180. The number of allylic oxidation sites excluding steroid dienone is 7. The minimum absolute atomic E-state index is 0.171. The molecule has 0 amide bonds. The van der Waals surface area contributed by atoms with E-state index in [1.54, 1.807) is 0 Å². The van der Waals surface area contributed by atoms with Crippen molar-refractivity contribution in [3.05, 3.63) is 238 Å². The van der Waals surface area contributed by atoms with E-state index >= 15 is 0 Å². The van der Waals surface area contributed by atoms with Gasteiger partial charge >= 0.3 is 0 Å². The summed E-state index contributed by atoms with van der Waals surface area (Å²) in [6.45, 7) is 0. The fraction of sp³-hybridized carbons (Fsp3) is 0.0545. The van der Waals surface area contributed by atoms with E-state index in [-0.39, 0.29) is 5.92 Å². The summed E-state index contributed by atoms with van der Waals surface area (Å²) in [4.78, 5) is 2.56. The number of anilines is 3. The van der Waals surface area contributed by atoms with Gasteiger partial charge in [0.25, 0.3) is 0 Å². The highest BCUT2D eigenvalue weighted by molar-refractivity contribution is 6.12. The maximum absolute atomic E-state index is 6.31. The molecule has 5 aliphatic rings. The van der Waals surface area contributed by atoms with Gasteiger partial charge in [-0.1, -0.05) is 121 Å². The van der Waals surface area contributed by atoms with E-state index in [9.17, 15) is 0 Å². The largest absolute Gasteiger partial charge is 0.461 e. The van der Waals surface area contributed by atoms with Gasteiger partial charge < -0.3 is 18.3 Å². The number of para-hydroxylation sites is 3. The summed E-state index contributed by atoms with van der Waals surface area (Å²) in [7, 11) is 0. The second-order valence-corrected chi connectivity index (χ2v) is 16.3. The van der Waals surface area contributed by atoms with E-state index in [2.05, 4.69) is 185 Å². The van der Waals surface area contributed by atoms with E-state index in [0.29, 0.717) is 0 Å². The lowest BCUT2D eigenvalue weighted by Gasteiger charge is -2.45. The van der Waals surface area contributed by atoms with Gasteiger partial charge in [0.2, 0.25) is 0 Å². The number of hydrogen-bond donors (Lipinski definition) is 0. The van der Waals surface area contributed by atoms with Crippen molar-refractivity contribution in [2.24, 2.45) is 0 Å². The summed E-state index contributed by atoms with van der Waals surface area (Å²) in [6.07, 6.45) is 16.4. The number of aromatic nitrogens is 1. The van der Waals surface area contributed by atoms with Crippen molar-refractivity contribution in [1.82, 2.24) is 4.57 Å². The highest BCUT2D eigenvalue weighted by Gasteiger charge is 2.55. The Balaban J connectivity index is 1.09. The van der Waals surface area contributed by atoms with Crippen LogP contribution in [0, 0.1) is 0 Å². The van der Waals surface area contributed by atoms with Crippen LogP contribution in [0.1, 0.15) is 50.4 Å². The molecule has 6 aromatic carbocycles. The van der Waals surface area contributed by atoms with Crippen molar-refractivity contribution in [2.45, 2.75) is 17.8 Å². The molecule has 4 aliphatic carbocycles. The third kappa shape index (κ3) is 3.89. The lowest BCUT2D eigenvalue weighted by Crippen LogP contribution is -2.36. The van der Waals surface area contributed by atoms with Crippen molar-refractivity contribution >= 4 is 50.5 Å². The molecule has 1 aliphatic heterocycles. The molecule has 4 heterocycles. The van der Waals surface area contributed by atoms with E-state index in [1.807, 2.05) is 12.5 Å². The average molecular weight is 755 g/mol. The van der Waals surface area contributed by atoms with Crippen LogP contribution >= 0.6 is 0 Å². The first kappa shape index (κ1) is 31.5. The smallest absolute Gasteiger partial charge is 0.174 e. The van der Waals surface area contributed by atoms with Crippen LogP contribution in [0.3, 0.4) is 0 Å². The Morgan fingerprint density at radius 3 is 2.14 bits per heavy atom. The van der Waals surface area contributed by atoms with Crippen LogP contribution in [0.25, 0.3) is 50.7 Å². The molecule has 276 valence electrons. The van der Waals surface area contributed by atoms with Crippen molar-refractivity contribution in [3.63, 3.8) is 0 Å². The zero-order valence-corrected chi connectivity index (χ0v) is 31.9. The number of nitrogens with zero attached hydrogens (tertiary/aromatic N) is 2. The first-order valence-corrected chi connectivity index (χ1v) is 20.5. The predicted octanol–water partition coefficient (Wildman–Crippen LogP) is 13.7. The Hall–Kier alpha value is -7.56. The lowest BCUT2D eigenvalue weighted by atomic mass is 9.64. The van der Waals surface area contributed by atoms with Crippen LogP contribution in [0.2, 0.25) is 0 Å². The zero-order chi connectivity index (χ0) is 38.4.